The van der Waals surface area contributed by atoms with Gasteiger partial charge in [-0.05, 0) is 37.8 Å². The molecule has 1 fully saturated rings. The van der Waals surface area contributed by atoms with E-state index in [0.717, 1.165) is 42.8 Å². The first-order valence-electron chi connectivity index (χ1n) is 6.61. The first-order valence-corrected chi connectivity index (χ1v) is 6.61. The van der Waals surface area contributed by atoms with Crippen molar-refractivity contribution in [3.8, 4) is 5.75 Å². The van der Waals surface area contributed by atoms with Crippen molar-refractivity contribution in [2.45, 2.75) is 38.1 Å². The van der Waals surface area contributed by atoms with Crippen molar-refractivity contribution in [3.05, 3.63) is 18.2 Å². The lowest BCUT2D eigenvalue weighted by Gasteiger charge is -2.45. The molecule has 3 rings (SSSR count). The first-order chi connectivity index (χ1) is 8.75. The summed E-state index contributed by atoms with van der Waals surface area (Å²) in [6.45, 7) is 2.73. The van der Waals surface area contributed by atoms with Crippen LogP contribution in [0.1, 0.15) is 32.6 Å². The molecule has 1 aromatic rings. The van der Waals surface area contributed by atoms with E-state index in [0.29, 0.717) is 6.61 Å². The van der Waals surface area contributed by atoms with Gasteiger partial charge in [0.2, 0.25) is 5.91 Å². The molecule has 1 aliphatic carbocycles. The second-order valence-electron chi connectivity index (χ2n) is 5.04. The molecule has 1 aromatic carbocycles. The second-order valence-corrected chi connectivity index (χ2v) is 5.04. The van der Waals surface area contributed by atoms with Gasteiger partial charge in [-0.1, -0.05) is 13.0 Å². The van der Waals surface area contributed by atoms with Crippen LogP contribution in [0.25, 0.3) is 0 Å². The molecule has 2 aliphatic rings. The zero-order valence-electron chi connectivity index (χ0n) is 10.6. The van der Waals surface area contributed by atoms with Gasteiger partial charge in [0.05, 0.1) is 12.3 Å². The summed E-state index contributed by atoms with van der Waals surface area (Å²) >= 11 is 0. The van der Waals surface area contributed by atoms with Crippen LogP contribution in [-0.2, 0) is 4.79 Å². The van der Waals surface area contributed by atoms with Gasteiger partial charge in [-0.2, -0.15) is 0 Å². The zero-order chi connectivity index (χ0) is 12.6. The number of carbonyl (C=O) groups is 1. The lowest BCUT2D eigenvalue weighted by atomic mass is 9.74. The molecule has 1 aliphatic heterocycles. The number of benzene rings is 1. The summed E-state index contributed by atoms with van der Waals surface area (Å²) < 4.78 is 5.67. The van der Waals surface area contributed by atoms with E-state index in [2.05, 4.69) is 17.6 Å². The fraction of sp³-hybridized carbons (Fsp3) is 0.500. The lowest BCUT2D eigenvalue weighted by molar-refractivity contribution is -0.123. The molecule has 0 bridgehead atoms. The van der Waals surface area contributed by atoms with Crippen molar-refractivity contribution in [3.63, 3.8) is 0 Å². The normalized spacial score (nSPS) is 19.5. The largest absolute Gasteiger partial charge is 0.491 e. The van der Waals surface area contributed by atoms with Crippen LogP contribution in [0.2, 0.25) is 0 Å². The molecule has 4 nitrogen and oxygen atoms in total. The number of anilines is 2. The average molecular weight is 246 g/mol. The third-order valence-electron chi connectivity index (χ3n) is 3.74. The number of nitrogens with one attached hydrogen (secondary N) is 2. The third-order valence-corrected chi connectivity index (χ3v) is 3.74. The highest BCUT2D eigenvalue weighted by molar-refractivity contribution is 6.08. The topological polar surface area (TPSA) is 50.4 Å². The minimum Gasteiger partial charge on any atom is -0.491 e. The number of amides is 1. The quantitative estimate of drug-likeness (QED) is 0.862. The molecule has 2 N–H and O–H groups in total. The van der Waals surface area contributed by atoms with Crippen LogP contribution in [0.4, 0.5) is 11.4 Å². The molecule has 18 heavy (non-hydrogen) atoms. The maximum Gasteiger partial charge on any atom is 0.250 e. The van der Waals surface area contributed by atoms with Crippen LogP contribution in [0, 0.1) is 0 Å². The highest BCUT2D eigenvalue weighted by Gasteiger charge is 2.47. The fourth-order valence-electron chi connectivity index (χ4n) is 2.53. The monoisotopic (exact) mass is 246 g/mol. The van der Waals surface area contributed by atoms with Gasteiger partial charge >= 0.3 is 0 Å². The molecule has 96 valence electrons. The van der Waals surface area contributed by atoms with Gasteiger partial charge in [0.15, 0.2) is 0 Å². The summed E-state index contributed by atoms with van der Waals surface area (Å²) in [6.07, 6.45) is 3.90. The molecule has 0 aromatic heterocycles. The van der Waals surface area contributed by atoms with Crippen molar-refractivity contribution in [2.24, 2.45) is 0 Å². The van der Waals surface area contributed by atoms with Gasteiger partial charge in [-0.25, -0.2) is 0 Å². The summed E-state index contributed by atoms with van der Waals surface area (Å²) in [7, 11) is 0. The van der Waals surface area contributed by atoms with E-state index in [1.54, 1.807) is 0 Å². The molecular weight excluding hydrogens is 228 g/mol. The van der Waals surface area contributed by atoms with Crippen LogP contribution in [0.15, 0.2) is 18.2 Å². The van der Waals surface area contributed by atoms with Crippen molar-refractivity contribution < 1.29 is 9.53 Å². The molecule has 1 saturated carbocycles. The molecule has 1 spiro atoms. The second kappa shape index (κ2) is 4.19. The Bertz CT molecular complexity index is 481. The zero-order valence-corrected chi connectivity index (χ0v) is 10.6. The number of hydrogen-bond acceptors (Lipinski definition) is 3. The third kappa shape index (κ3) is 1.64. The van der Waals surface area contributed by atoms with E-state index in [-0.39, 0.29) is 11.4 Å². The van der Waals surface area contributed by atoms with Gasteiger partial charge < -0.3 is 15.4 Å². The number of hydrogen-bond donors (Lipinski definition) is 2. The maximum absolute atomic E-state index is 12.2. The van der Waals surface area contributed by atoms with Gasteiger partial charge in [-0.15, -0.1) is 0 Å². The Morgan fingerprint density at radius 1 is 1.39 bits per heavy atom. The van der Waals surface area contributed by atoms with Gasteiger partial charge in [0.1, 0.15) is 17.0 Å². The highest BCUT2D eigenvalue weighted by Crippen LogP contribution is 2.44. The van der Waals surface area contributed by atoms with Crippen molar-refractivity contribution >= 4 is 17.3 Å². The number of fused-ring (bicyclic) bond motifs is 1. The van der Waals surface area contributed by atoms with Crippen molar-refractivity contribution in [2.75, 3.05) is 17.2 Å². The molecular formula is C14H18N2O2. The highest BCUT2D eigenvalue weighted by atomic mass is 16.5. The Labute approximate surface area is 107 Å². The lowest BCUT2D eigenvalue weighted by Crippen LogP contribution is -2.57. The van der Waals surface area contributed by atoms with Crippen molar-refractivity contribution in [1.29, 1.82) is 0 Å². The number of carbonyl (C=O) groups excluding carboxylic acids is 1. The first kappa shape index (κ1) is 11.4. The van der Waals surface area contributed by atoms with E-state index in [9.17, 15) is 4.79 Å². The van der Waals surface area contributed by atoms with E-state index in [1.165, 1.54) is 0 Å². The summed E-state index contributed by atoms with van der Waals surface area (Å²) in [4.78, 5) is 12.2. The van der Waals surface area contributed by atoms with Crippen LogP contribution in [-0.4, -0.2) is 18.1 Å². The minimum atomic E-state index is -0.365. The Morgan fingerprint density at radius 3 is 2.89 bits per heavy atom. The Balaban J connectivity index is 1.91. The summed E-state index contributed by atoms with van der Waals surface area (Å²) in [5.41, 5.74) is 1.40. The molecule has 0 unspecified atom stereocenters. The predicted molar refractivity (Wildman–Crippen MR) is 71.1 cm³/mol. The molecule has 0 radical (unpaired) electrons. The number of rotatable bonds is 3. The number of ether oxygens (including phenoxy) is 1. The van der Waals surface area contributed by atoms with Crippen molar-refractivity contribution in [1.82, 2.24) is 0 Å². The maximum atomic E-state index is 12.2. The average Bonchev–Trinajstić information content (AvgIpc) is 2.33. The van der Waals surface area contributed by atoms with E-state index < -0.39 is 0 Å². The Hall–Kier alpha value is -1.71. The molecule has 0 saturated heterocycles. The van der Waals surface area contributed by atoms with Gasteiger partial charge in [0, 0.05) is 0 Å². The van der Waals surface area contributed by atoms with Crippen LogP contribution >= 0.6 is 0 Å². The molecule has 0 atom stereocenters. The summed E-state index contributed by atoms with van der Waals surface area (Å²) in [5.74, 6) is 0.832. The van der Waals surface area contributed by atoms with E-state index >= 15 is 0 Å². The molecule has 1 heterocycles. The van der Waals surface area contributed by atoms with Crippen LogP contribution < -0.4 is 15.4 Å². The van der Waals surface area contributed by atoms with Crippen LogP contribution in [0.3, 0.4) is 0 Å². The van der Waals surface area contributed by atoms with E-state index in [1.807, 2.05) is 18.2 Å². The van der Waals surface area contributed by atoms with Crippen LogP contribution in [0.5, 0.6) is 5.75 Å². The van der Waals surface area contributed by atoms with Gasteiger partial charge in [-0.3, -0.25) is 4.79 Å². The summed E-state index contributed by atoms with van der Waals surface area (Å²) in [5, 5.41) is 6.39. The molecule has 1 amide bonds. The SMILES string of the molecule is CCCOc1cccc2c1NC(=O)C1(CCC1)N2. The molecule has 4 heteroatoms. The van der Waals surface area contributed by atoms with Gasteiger partial charge in [0.25, 0.3) is 0 Å². The number of para-hydroxylation sites is 1. The minimum absolute atomic E-state index is 0.0776. The Morgan fingerprint density at radius 2 is 2.22 bits per heavy atom. The van der Waals surface area contributed by atoms with E-state index in [4.69, 9.17) is 4.74 Å². The fourth-order valence-corrected chi connectivity index (χ4v) is 2.53. The smallest absolute Gasteiger partial charge is 0.250 e. The standard InChI is InChI=1S/C14H18N2O2/c1-2-9-18-11-6-3-5-10-12(11)15-13(17)14(16-10)7-4-8-14/h3,5-6,16H,2,4,7-9H2,1H3,(H,15,17). The predicted octanol–water partition coefficient (Wildman–Crippen LogP) is 2.76. The Kier molecular flexibility index (Phi) is 2.65. The summed E-state index contributed by atoms with van der Waals surface area (Å²) in [6, 6.07) is 5.85.